The average Bonchev–Trinajstić information content (AvgIpc) is 3.20. The van der Waals surface area contributed by atoms with Crippen LogP contribution < -0.4 is 4.74 Å². The third-order valence-electron chi connectivity index (χ3n) is 4.68. The Balaban J connectivity index is 1.72. The van der Waals surface area contributed by atoms with Crippen molar-refractivity contribution < 1.29 is 14.3 Å². The van der Waals surface area contributed by atoms with Gasteiger partial charge in [-0.15, -0.1) is 0 Å². The average molecular weight is 421 g/mol. The highest BCUT2D eigenvalue weighted by Crippen LogP contribution is 2.30. The van der Waals surface area contributed by atoms with Crippen LogP contribution in [-0.2, 0) is 16.1 Å². The molecule has 2 heterocycles. The first-order valence-electron chi connectivity index (χ1n) is 9.71. The maximum atomic E-state index is 12.8. The Labute approximate surface area is 180 Å². The number of imidazole rings is 1. The molecule has 4 rings (SSSR count). The summed E-state index contributed by atoms with van der Waals surface area (Å²) in [5.41, 5.74) is 3.21. The summed E-state index contributed by atoms with van der Waals surface area (Å²) in [6, 6.07) is 15.5. The number of nitrogens with zero attached hydrogens (tertiary/aromatic N) is 2. The lowest BCUT2D eigenvalue weighted by Gasteiger charge is -2.17. The van der Waals surface area contributed by atoms with Crippen LogP contribution in [0.25, 0.3) is 11.6 Å². The number of aromatic nitrogens is 2. The summed E-state index contributed by atoms with van der Waals surface area (Å²) in [4.78, 5) is 17.2. The summed E-state index contributed by atoms with van der Waals surface area (Å²) in [6.45, 7) is 3.01. The number of halogens is 1. The smallest absolute Gasteiger partial charge is 0.341 e. The zero-order valence-corrected chi connectivity index (χ0v) is 17.3. The number of ether oxygens (including phenoxy) is 2. The molecule has 0 saturated heterocycles. The van der Waals surface area contributed by atoms with Crippen molar-refractivity contribution in [2.75, 3.05) is 13.2 Å². The highest BCUT2D eigenvalue weighted by Gasteiger charge is 2.21. The van der Waals surface area contributed by atoms with Gasteiger partial charge in [-0.2, -0.15) is 0 Å². The van der Waals surface area contributed by atoms with Crippen molar-refractivity contribution in [3.8, 4) is 5.75 Å². The first-order valence-corrected chi connectivity index (χ1v) is 10.1. The molecule has 0 saturated carbocycles. The number of fused-ring (bicyclic) bond motifs is 1. The molecule has 152 valence electrons. The van der Waals surface area contributed by atoms with Gasteiger partial charge in [-0.25, -0.2) is 9.78 Å². The second-order valence-corrected chi connectivity index (χ2v) is 7.27. The highest BCUT2D eigenvalue weighted by atomic mass is 35.5. The quantitative estimate of drug-likeness (QED) is 0.415. The van der Waals surface area contributed by atoms with Crippen LogP contribution in [-0.4, -0.2) is 28.7 Å². The molecular weight excluding hydrogens is 400 g/mol. The van der Waals surface area contributed by atoms with Crippen LogP contribution >= 0.6 is 11.6 Å². The van der Waals surface area contributed by atoms with Crippen molar-refractivity contribution in [1.82, 2.24) is 9.55 Å². The molecule has 0 N–H and O–H groups in total. The first kappa shape index (κ1) is 20.0. The maximum Gasteiger partial charge on any atom is 0.341 e. The molecule has 0 radical (unpaired) electrons. The van der Waals surface area contributed by atoms with Gasteiger partial charge in [-0.3, -0.25) is 0 Å². The van der Waals surface area contributed by atoms with Gasteiger partial charge in [-0.05, 0) is 48.4 Å². The Morgan fingerprint density at radius 3 is 2.90 bits per heavy atom. The second-order valence-electron chi connectivity index (χ2n) is 6.83. The van der Waals surface area contributed by atoms with Crippen LogP contribution in [0, 0.1) is 0 Å². The molecule has 0 amide bonds. The number of hydrogen-bond acceptors (Lipinski definition) is 4. The minimum absolute atomic E-state index is 0.281. The van der Waals surface area contributed by atoms with E-state index in [9.17, 15) is 4.79 Å². The van der Waals surface area contributed by atoms with E-state index < -0.39 is 5.97 Å². The first-order chi connectivity index (χ1) is 14.6. The second kappa shape index (κ2) is 9.01. The van der Waals surface area contributed by atoms with Gasteiger partial charge in [0.2, 0.25) is 0 Å². The van der Waals surface area contributed by atoms with Gasteiger partial charge in [0.15, 0.2) is 0 Å². The largest absolute Gasteiger partial charge is 0.488 e. The van der Waals surface area contributed by atoms with Gasteiger partial charge >= 0.3 is 5.97 Å². The SMILES string of the molecule is CCOC(=O)/C(=C/C1=Cc2cc(Cl)ccc2OC1)c1nccn1Cc1ccccc1. The van der Waals surface area contributed by atoms with Crippen molar-refractivity contribution in [2.45, 2.75) is 13.5 Å². The van der Waals surface area contributed by atoms with Crippen LogP contribution in [0.2, 0.25) is 5.02 Å². The molecule has 3 aromatic rings. The van der Waals surface area contributed by atoms with Crippen molar-refractivity contribution >= 4 is 29.2 Å². The van der Waals surface area contributed by atoms with E-state index in [0.717, 1.165) is 22.4 Å². The highest BCUT2D eigenvalue weighted by molar-refractivity contribution is 6.30. The van der Waals surface area contributed by atoms with E-state index >= 15 is 0 Å². The van der Waals surface area contributed by atoms with Crippen molar-refractivity contribution in [2.24, 2.45) is 0 Å². The number of carbonyl (C=O) groups is 1. The predicted octanol–water partition coefficient (Wildman–Crippen LogP) is 5.01. The Morgan fingerprint density at radius 2 is 2.10 bits per heavy atom. The molecule has 0 aliphatic carbocycles. The molecule has 6 heteroatoms. The molecular formula is C24H21ClN2O3. The number of carbonyl (C=O) groups excluding carboxylic acids is 1. The molecule has 5 nitrogen and oxygen atoms in total. The topological polar surface area (TPSA) is 53.4 Å². The molecule has 0 atom stereocenters. The minimum Gasteiger partial charge on any atom is -0.488 e. The van der Waals surface area contributed by atoms with E-state index in [1.54, 1.807) is 25.3 Å². The van der Waals surface area contributed by atoms with Crippen LogP contribution in [0.3, 0.4) is 0 Å². The number of esters is 1. The molecule has 0 fully saturated rings. The summed E-state index contributed by atoms with van der Waals surface area (Å²) >= 11 is 6.11. The zero-order chi connectivity index (χ0) is 20.9. The number of benzene rings is 2. The Morgan fingerprint density at radius 1 is 1.27 bits per heavy atom. The van der Waals surface area contributed by atoms with Gasteiger partial charge in [0.05, 0.1) is 6.61 Å². The van der Waals surface area contributed by atoms with Gasteiger partial charge in [0.1, 0.15) is 23.8 Å². The molecule has 1 aliphatic heterocycles. The van der Waals surface area contributed by atoms with E-state index in [0.29, 0.717) is 29.6 Å². The van der Waals surface area contributed by atoms with Crippen molar-refractivity contribution in [3.05, 3.63) is 94.5 Å². The molecule has 0 unspecified atom stereocenters. The van der Waals surface area contributed by atoms with E-state index in [1.165, 1.54) is 0 Å². The molecule has 1 aliphatic rings. The van der Waals surface area contributed by atoms with Gasteiger partial charge in [0.25, 0.3) is 0 Å². The van der Waals surface area contributed by atoms with Crippen LogP contribution in [0.1, 0.15) is 23.9 Å². The standard InChI is InChI=1S/C24H21ClN2O3/c1-2-29-24(28)21(13-18-12-19-14-20(25)8-9-22(19)30-16-18)23-26-10-11-27(23)15-17-6-4-3-5-7-17/h3-14H,2,15-16H2,1H3/b21-13+. The van der Waals surface area contributed by atoms with E-state index in [2.05, 4.69) is 4.98 Å². The van der Waals surface area contributed by atoms with Crippen molar-refractivity contribution in [3.63, 3.8) is 0 Å². The van der Waals surface area contributed by atoms with E-state index in [4.69, 9.17) is 21.1 Å². The maximum absolute atomic E-state index is 12.8. The van der Waals surface area contributed by atoms with Gasteiger partial charge < -0.3 is 14.0 Å². The predicted molar refractivity (Wildman–Crippen MR) is 117 cm³/mol. The lowest BCUT2D eigenvalue weighted by molar-refractivity contribution is -0.136. The van der Waals surface area contributed by atoms with E-state index in [1.807, 2.05) is 59.3 Å². The van der Waals surface area contributed by atoms with Crippen LogP contribution in [0.15, 0.2) is 72.6 Å². The van der Waals surface area contributed by atoms with Crippen molar-refractivity contribution in [1.29, 1.82) is 0 Å². The summed E-state index contributed by atoms with van der Waals surface area (Å²) < 4.78 is 13.1. The Bertz CT molecular complexity index is 1120. The third-order valence-corrected chi connectivity index (χ3v) is 4.92. The normalized spacial score (nSPS) is 13.3. The lowest BCUT2D eigenvalue weighted by atomic mass is 10.0. The summed E-state index contributed by atoms with van der Waals surface area (Å²) in [5, 5.41) is 0.628. The zero-order valence-electron chi connectivity index (χ0n) is 16.5. The molecule has 30 heavy (non-hydrogen) atoms. The number of hydrogen-bond donors (Lipinski definition) is 0. The molecule has 1 aromatic heterocycles. The molecule has 0 spiro atoms. The fraction of sp³-hybridized carbons (Fsp3) is 0.167. The molecule has 2 aromatic carbocycles. The van der Waals surface area contributed by atoms with Gasteiger partial charge in [-0.1, -0.05) is 41.9 Å². The number of rotatable bonds is 6. The third kappa shape index (κ3) is 4.47. The van der Waals surface area contributed by atoms with Crippen LogP contribution in [0.4, 0.5) is 0 Å². The Hall–Kier alpha value is -3.31. The summed E-state index contributed by atoms with van der Waals surface area (Å²) in [6.07, 6.45) is 7.29. The van der Waals surface area contributed by atoms with Crippen LogP contribution in [0.5, 0.6) is 5.75 Å². The van der Waals surface area contributed by atoms with Gasteiger partial charge in [0, 0.05) is 29.5 Å². The monoisotopic (exact) mass is 420 g/mol. The molecule has 0 bridgehead atoms. The minimum atomic E-state index is -0.421. The fourth-order valence-corrected chi connectivity index (χ4v) is 3.50. The summed E-state index contributed by atoms with van der Waals surface area (Å²) in [5.74, 6) is 0.894. The summed E-state index contributed by atoms with van der Waals surface area (Å²) in [7, 11) is 0. The lowest BCUT2D eigenvalue weighted by Crippen LogP contribution is -2.14. The fourth-order valence-electron chi connectivity index (χ4n) is 3.32. The Kier molecular flexibility index (Phi) is 6.00. The van der Waals surface area contributed by atoms with E-state index in [-0.39, 0.29) is 6.61 Å².